The van der Waals surface area contributed by atoms with E-state index in [2.05, 4.69) is 25.8 Å². The first kappa shape index (κ1) is 27.5. The van der Waals surface area contributed by atoms with Gasteiger partial charge in [-0.25, -0.2) is 4.79 Å². The fraction of sp³-hybridized carbons (Fsp3) is 0.818. The molecule has 2 N–H and O–H groups in total. The number of hydrogen-bond donors (Lipinski definition) is 2. The zero-order valence-electron chi connectivity index (χ0n) is 24.6. The molecule has 2 heterocycles. The first-order valence-corrected chi connectivity index (χ1v) is 15.7. The number of methoxy groups -OCH3 is 1. The molecule has 0 unspecified atom stereocenters. The molecule has 1 aliphatic heterocycles. The molecule has 39 heavy (non-hydrogen) atoms. The number of nitrogens with one attached hydrogen (secondary N) is 1. The number of carbonyl (C=O) groups excluding carboxylic acids is 2. The minimum absolute atomic E-state index is 0.00725. The van der Waals surface area contributed by atoms with E-state index in [0.29, 0.717) is 40.3 Å². The van der Waals surface area contributed by atoms with Crippen molar-refractivity contribution in [2.45, 2.75) is 110 Å². The summed E-state index contributed by atoms with van der Waals surface area (Å²) in [5, 5.41) is 10.4. The molecule has 0 spiro atoms. The van der Waals surface area contributed by atoms with Gasteiger partial charge in [-0.2, -0.15) is 0 Å². The summed E-state index contributed by atoms with van der Waals surface area (Å²) in [7, 11) is 1.33. The first-order valence-electron chi connectivity index (χ1n) is 15.7. The fourth-order valence-corrected chi connectivity index (χ4v) is 10.9. The van der Waals surface area contributed by atoms with Crippen molar-refractivity contribution in [2.24, 2.45) is 52.3 Å². The van der Waals surface area contributed by atoms with Crippen LogP contribution in [0.2, 0.25) is 0 Å². The van der Waals surface area contributed by atoms with E-state index in [9.17, 15) is 14.7 Å². The Morgan fingerprint density at radius 1 is 1.13 bits per heavy atom. The molecule has 5 aliphatic rings. The Morgan fingerprint density at radius 3 is 2.67 bits per heavy atom. The van der Waals surface area contributed by atoms with Crippen LogP contribution >= 0.6 is 0 Å². The standard InChI is InChI=1S/C33H49NO5/c1-18(30(36)23-12-15-34-29(23)31(37)38-5)6-9-26-19(2)28-27(39-26)17-25-22-8-7-20-16-21(35)10-13-32(20,3)24(22)11-14-33(25,28)4/h12,15,18-22,24-28,34-35H,6-11,13-14,16-17H2,1-5H3/t18-,19+,20+,21-,22+,24-,25-,26+,27-,28-,32-,33-/m0/s1. The van der Waals surface area contributed by atoms with Gasteiger partial charge >= 0.3 is 5.97 Å². The van der Waals surface area contributed by atoms with Crippen molar-refractivity contribution in [1.82, 2.24) is 4.98 Å². The van der Waals surface area contributed by atoms with Crippen molar-refractivity contribution in [3.8, 4) is 0 Å². The minimum Gasteiger partial charge on any atom is -0.464 e. The zero-order valence-corrected chi connectivity index (χ0v) is 24.6. The number of rotatable bonds is 6. The summed E-state index contributed by atoms with van der Waals surface area (Å²) in [6, 6.07) is 1.69. The zero-order chi connectivity index (χ0) is 27.7. The second-order valence-electron chi connectivity index (χ2n) is 14.6. The molecule has 6 nitrogen and oxygen atoms in total. The summed E-state index contributed by atoms with van der Waals surface area (Å²) in [5.41, 5.74) is 1.43. The number of aliphatic hydroxyl groups excluding tert-OH is 1. The van der Waals surface area contributed by atoms with Crippen LogP contribution in [-0.2, 0) is 9.47 Å². The van der Waals surface area contributed by atoms with Gasteiger partial charge in [0.15, 0.2) is 5.78 Å². The Labute approximate surface area is 234 Å². The third kappa shape index (κ3) is 4.26. The highest BCUT2D eigenvalue weighted by Gasteiger charge is 2.65. The average Bonchev–Trinajstić information content (AvgIpc) is 3.60. The monoisotopic (exact) mass is 539 g/mol. The predicted molar refractivity (Wildman–Crippen MR) is 149 cm³/mol. The van der Waals surface area contributed by atoms with Crippen LogP contribution in [0.4, 0.5) is 0 Å². The van der Waals surface area contributed by atoms with Gasteiger partial charge in [0.05, 0.1) is 31.0 Å². The molecule has 1 aromatic heterocycles. The van der Waals surface area contributed by atoms with E-state index >= 15 is 0 Å². The second-order valence-corrected chi connectivity index (χ2v) is 14.6. The summed E-state index contributed by atoms with van der Waals surface area (Å²) < 4.78 is 11.7. The van der Waals surface area contributed by atoms with Crippen LogP contribution in [0.3, 0.4) is 0 Å². The third-order valence-corrected chi connectivity index (χ3v) is 13.0. The molecule has 4 aliphatic carbocycles. The normalized spacial score (nSPS) is 45.5. The van der Waals surface area contributed by atoms with Gasteiger partial charge in [-0.3, -0.25) is 4.79 Å². The van der Waals surface area contributed by atoms with Gasteiger partial charge in [0, 0.05) is 12.1 Å². The summed E-state index contributed by atoms with van der Waals surface area (Å²) >= 11 is 0. The van der Waals surface area contributed by atoms with Crippen LogP contribution < -0.4 is 0 Å². The number of H-pyrrole nitrogens is 1. The maximum Gasteiger partial charge on any atom is 0.355 e. The molecule has 0 radical (unpaired) electrons. The minimum atomic E-state index is -0.503. The van der Waals surface area contributed by atoms with E-state index in [4.69, 9.17) is 9.47 Å². The largest absolute Gasteiger partial charge is 0.464 e. The van der Waals surface area contributed by atoms with Crippen LogP contribution in [0, 0.1) is 52.3 Å². The molecular formula is C33H49NO5. The number of carbonyl (C=O) groups is 2. The van der Waals surface area contributed by atoms with Gasteiger partial charge in [-0.05, 0) is 117 Å². The number of fused-ring (bicyclic) bond motifs is 7. The maximum atomic E-state index is 13.2. The van der Waals surface area contributed by atoms with E-state index in [1.807, 2.05) is 6.92 Å². The molecule has 1 saturated heterocycles. The van der Waals surface area contributed by atoms with E-state index in [-0.39, 0.29) is 29.6 Å². The van der Waals surface area contributed by atoms with Gasteiger partial charge in [0.1, 0.15) is 5.69 Å². The molecule has 216 valence electrons. The molecule has 5 fully saturated rings. The molecule has 12 atom stereocenters. The van der Waals surface area contributed by atoms with Crippen LogP contribution in [0.5, 0.6) is 0 Å². The highest BCUT2D eigenvalue weighted by molar-refractivity contribution is 6.06. The molecule has 0 bridgehead atoms. The molecular weight excluding hydrogens is 490 g/mol. The summed E-state index contributed by atoms with van der Waals surface area (Å²) in [6.07, 6.45) is 13.4. The Kier molecular flexibility index (Phi) is 7.06. The Morgan fingerprint density at radius 2 is 1.90 bits per heavy atom. The van der Waals surface area contributed by atoms with Gasteiger partial charge in [-0.15, -0.1) is 0 Å². The molecule has 6 rings (SSSR count). The molecule has 1 aromatic rings. The molecule has 6 heteroatoms. The van der Waals surface area contributed by atoms with Crippen LogP contribution in [-0.4, -0.2) is 47.3 Å². The van der Waals surface area contributed by atoms with Gasteiger partial charge in [0.2, 0.25) is 0 Å². The number of aliphatic hydroxyl groups is 1. The highest BCUT2D eigenvalue weighted by Crippen LogP contribution is 2.70. The number of aromatic amines is 1. The topological polar surface area (TPSA) is 88.6 Å². The number of ketones is 1. The fourth-order valence-electron chi connectivity index (χ4n) is 10.9. The third-order valence-electron chi connectivity index (χ3n) is 13.0. The Bertz CT molecular complexity index is 1100. The lowest BCUT2D eigenvalue weighted by Crippen LogP contribution is -2.54. The SMILES string of the molecule is COC(=O)c1[nH]ccc1C(=O)[C@@H](C)CC[C@H]1O[C@H]2C[C@H]3[C@@H]4CC[C@@H]5C[C@@H](O)CC[C@]5(C)[C@H]4CC[C@]3(C)[C@H]2[C@@H]1C. The van der Waals surface area contributed by atoms with Crippen LogP contribution in [0.25, 0.3) is 0 Å². The second kappa shape index (κ2) is 10.0. The molecule has 4 saturated carbocycles. The number of hydrogen-bond acceptors (Lipinski definition) is 5. The van der Waals surface area contributed by atoms with E-state index in [1.165, 1.54) is 45.6 Å². The highest BCUT2D eigenvalue weighted by atomic mass is 16.5. The number of aromatic nitrogens is 1. The lowest BCUT2D eigenvalue weighted by atomic mass is 9.44. The van der Waals surface area contributed by atoms with Crippen molar-refractivity contribution in [2.75, 3.05) is 7.11 Å². The number of ether oxygens (including phenoxy) is 2. The number of Topliss-reactive ketones (excluding diaryl/α,β-unsaturated/α-hetero) is 1. The van der Waals surface area contributed by atoms with Crippen molar-refractivity contribution < 1.29 is 24.2 Å². The van der Waals surface area contributed by atoms with Crippen molar-refractivity contribution >= 4 is 11.8 Å². The molecule has 0 aromatic carbocycles. The summed E-state index contributed by atoms with van der Waals surface area (Å²) in [4.78, 5) is 28.1. The predicted octanol–water partition coefficient (Wildman–Crippen LogP) is 6.43. The first-order chi connectivity index (χ1) is 18.6. The van der Waals surface area contributed by atoms with E-state index in [0.717, 1.165) is 43.4 Å². The van der Waals surface area contributed by atoms with Crippen LogP contribution in [0.1, 0.15) is 113 Å². The lowest BCUT2D eigenvalue weighted by Gasteiger charge is -2.61. The van der Waals surface area contributed by atoms with Gasteiger partial charge in [-0.1, -0.05) is 27.7 Å². The van der Waals surface area contributed by atoms with Crippen LogP contribution in [0.15, 0.2) is 12.3 Å². The quantitative estimate of drug-likeness (QED) is 0.321. The summed E-state index contributed by atoms with van der Waals surface area (Å²) in [6.45, 7) is 9.53. The Hall–Kier alpha value is -1.66. The van der Waals surface area contributed by atoms with Crippen molar-refractivity contribution in [3.05, 3.63) is 23.5 Å². The van der Waals surface area contributed by atoms with Crippen molar-refractivity contribution in [3.63, 3.8) is 0 Å². The summed E-state index contributed by atoms with van der Waals surface area (Å²) in [5.74, 6) is 3.49. The number of esters is 1. The maximum absolute atomic E-state index is 13.2. The lowest BCUT2D eigenvalue weighted by molar-refractivity contribution is -0.130. The van der Waals surface area contributed by atoms with E-state index < -0.39 is 5.97 Å². The Balaban J connectivity index is 1.10. The average molecular weight is 540 g/mol. The van der Waals surface area contributed by atoms with Gasteiger partial charge in [0.25, 0.3) is 0 Å². The van der Waals surface area contributed by atoms with Gasteiger partial charge < -0.3 is 19.6 Å². The van der Waals surface area contributed by atoms with E-state index in [1.54, 1.807) is 12.3 Å². The van der Waals surface area contributed by atoms with Crippen molar-refractivity contribution in [1.29, 1.82) is 0 Å². The molecule has 0 amide bonds. The smallest absolute Gasteiger partial charge is 0.355 e.